The molecule has 2 aliphatic rings. The highest BCUT2D eigenvalue weighted by molar-refractivity contribution is 8.07. The highest BCUT2D eigenvalue weighted by Gasteiger charge is 2.53. The molecule has 0 bridgehead atoms. The largest absolute Gasteiger partial charge is 0.455 e. The van der Waals surface area contributed by atoms with Gasteiger partial charge in [0, 0.05) is 18.2 Å². The maximum atomic E-state index is 13.3. The van der Waals surface area contributed by atoms with Gasteiger partial charge in [0.15, 0.2) is 52.8 Å². The Morgan fingerprint density at radius 1 is 0.768 bits per heavy atom. The standard InChI is InChI=1S/C43H47N10O14PS/c1-21(2)41(58)65-29-26(64-40(32(29)66-42(59)22(3)4)53-20-47-28-35(53)49-43(51-38(28)57)50-37(56)24-14-10-7-11-15-24)17-62-68(60,69)67-30-25(16-54)63-39(31(30)61-5)52-19-46-27-33(44-18-45-34(27)52)48-36(55)23-12-8-6-9-13-23/h6-15,18-22,25-26,29-32,39-40,54H,16-17H2,1-5H3,(H,60,69)(H,44,45,48,55)(H2,49,50,51,56,57)/t25-,26-,29-,30-,31-,32-,39-,40-,68?/m1/s1. The number of hydrogen-bond acceptors (Lipinski definition) is 19. The third kappa shape index (κ3) is 10.5. The molecule has 0 saturated carbocycles. The number of benzene rings is 2. The number of amides is 2. The summed E-state index contributed by atoms with van der Waals surface area (Å²) in [4.78, 5) is 102. The number of aromatic amines is 1. The molecule has 2 fully saturated rings. The van der Waals surface area contributed by atoms with Gasteiger partial charge in [-0.15, -0.1) is 0 Å². The van der Waals surface area contributed by atoms with E-state index >= 15 is 0 Å². The number of aromatic nitrogens is 8. The van der Waals surface area contributed by atoms with Gasteiger partial charge in [-0.25, -0.2) is 19.9 Å². The van der Waals surface area contributed by atoms with E-state index in [2.05, 4.69) is 40.5 Å². The lowest BCUT2D eigenvalue weighted by molar-refractivity contribution is -0.172. The van der Waals surface area contributed by atoms with Gasteiger partial charge < -0.3 is 43.5 Å². The predicted molar refractivity (Wildman–Crippen MR) is 245 cm³/mol. The lowest BCUT2D eigenvalue weighted by atomic mass is 10.1. The minimum atomic E-state index is -4.39. The summed E-state index contributed by atoms with van der Waals surface area (Å²) in [5.74, 6) is -3.87. The monoisotopic (exact) mass is 990 g/mol. The molecule has 24 nitrogen and oxygen atoms in total. The molecule has 8 rings (SSSR count). The summed E-state index contributed by atoms with van der Waals surface area (Å²) in [6.45, 7) is 0.704. The number of nitrogens with one attached hydrogen (secondary N) is 3. The molecule has 69 heavy (non-hydrogen) atoms. The van der Waals surface area contributed by atoms with Crippen molar-refractivity contribution in [2.45, 2.75) is 76.8 Å². The maximum Gasteiger partial charge on any atom is 0.325 e. The third-order valence-electron chi connectivity index (χ3n) is 11.0. The van der Waals surface area contributed by atoms with Gasteiger partial charge in [-0.3, -0.25) is 47.9 Å². The third-order valence-corrected chi connectivity index (χ3v) is 12.6. The Labute approximate surface area is 396 Å². The predicted octanol–water partition coefficient (Wildman–Crippen LogP) is 3.02. The van der Waals surface area contributed by atoms with Crippen LogP contribution in [0.2, 0.25) is 0 Å². The zero-order valence-electron chi connectivity index (χ0n) is 37.5. The Kier molecular flexibility index (Phi) is 14.7. The Morgan fingerprint density at radius 3 is 1.94 bits per heavy atom. The van der Waals surface area contributed by atoms with Gasteiger partial charge in [-0.2, -0.15) is 4.98 Å². The van der Waals surface area contributed by atoms with E-state index in [4.69, 9.17) is 44.5 Å². The van der Waals surface area contributed by atoms with Crippen LogP contribution >= 0.6 is 6.72 Å². The summed E-state index contributed by atoms with van der Waals surface area (Å²) in [7, 11) is 1.35. The molecular weight excluding hydrogens is 944 g/mol. The van der Waals surface area contributed by atoms with E-state index in [1.165, 1.54) is 35.2 Å². The molecule has 0 radical (unpaired) electrons. The number of ether oxygens (including phenoxy) is 5. The molecule has 0 aliphatic carbocycles. The fourth-order valence-electron chi connectivity index (χ4n) is 7.52. The molecular formula is C43H47N10O14PS. The van der Waals surface area contributed by atoms with Gasteiger partial charge in [-0.05, 0) is 36.1 Å². The fourth-order valence-corrected chi connectivity index (χ4v) is 8.96. The van der Waals surface area contributed by atoms with Crippen LogP contribution in [0.15, 0.2) is 84.4 Å². The molecule has 4 aromatic heterocycles. The number of carbonyl (C=O) groups is 4. The van der Waals surface area contributed by atoms with Crippen LogP contribution in [0.5, 0.6) is 0 Å². The second kappa shape index (κ2) is 20.7. The molecule has 2 amide bonds. The van der Waals surface area contributed by atoms with E-state index in [9.17, 15) is 34.0 Å². The summed E-state index contributed by atoms with van der Waals surface area (Å²) in [6.07, 6.45) is -6.40. The molecule has 6 aromatic rings. The highest BCUT2D eigenvalue weighted by atomic mass is 32.5. The van der Waals surface area contributed by atoms with E-state index in [1.807, 2.05) is 0 Å². The van der Waals surface area contributed by atoms with Gasteiger partial charge in [0.1, 0.15) is 30.7 Å². The molecule has 9 atom stereocenters. The Morgan fingerprint density at radius 2 is 1.33 bits per heavy atom. The Hall–Kier alpha value is -6.41. The topological polar surface area (TPSA) is 305 Å². The smallest absolute Gasteiger partial charge is 0.325 e. The van der Waals surface area contributed by atoms with Gasteiger partial charge in [0.05, 0.1) is 37.7 Å². The van der Waals surface area contributed by atoms with Crippen LogP contribution < -0.4 is 16.2 Å². The van der Waals surface area contributed by atoms with Gasteiger partial charge >= 0.3 is 18.7 Å². The number of rotatable bonds is 17. The number of fused-ring (bicyclic) bond motifs is 2. The average Bonchev–Trinajstić information content (AvgIpc) is 4.12. The van der Waals surface area contributed by atoms with Crippen molar-refractivity contribution < 1.29 is 61.9 Å². The number of imidazole rings is 2. The molecule has 5 N–H and O–H groups in total. The van der Waals surface area contributed by atoms with Crippen LogP contribution in [0.3, 0.4) is 0 Å². The van der Waals surface area contributed by atoms with Crippen LogP contribution in [-0.4, -0.2) is 130 Å². The van der Waals surface area contributed by atoms with Crippen molar-refractivity contribution in [2.24, 2.45) is 11.8 Å². The molecule has 2 saturated heterocycles. The van der Waals surface area contributed by atoms with E-state index < -0.39 is 110 Å². The zero-order valence-corrected chi connectivity index (χ0v) is 39.2. The number of hydrogen-bond donors (Lipinski definition) is 5. The first kappa shape index (κ1) is 49.0. The van der Waals surface area contributed by atoms with E-state index in [0.717, 1.165) is 0 Å². The molecule has 1 unspecified atom stereocenters. The Balaban J connectivity index is 1.05. The SMILES string of the molecule is CO[C@@H]1[C@H](OP(O)(=S)OC[C@H]2O[C@@H](n3cnc4c(=O)[nH]c(NC(=O)c5ccccc5)nc43)[C@H](OC(=O)C(C)C)[C@@H]2OC(=O)C(C)C)[C@@H](CO)O[C@H]1n1cnc2c(NC(=O)c3ccccc3)ncnc21. The summed E-state index contributed by atoms with van der Waals surface area (Å²) in [6, 6.07) is 16.7. The van der Waals surface area contributed by atoms with Gasteiger partial charge in [0.25, 0.3) is 17.4 Å². The minimum Gasteiger partial charge on any atom is -0.455 e. The number of H-pyrrole nitrogens is 1. The zero-order chi connectivity index (χ0) is 49.1. The van der Waals surface area contributed by atoms with Crippen molar-refractivity contribution in [2.75, 3.05) is 31.0 Å². The maximum absolute atomic E-state index is 13.3. The van der Waals surface area contributed by atoms with Crippen LogP contribution in [0, 0.1) is 11.8 Å². The first-order valence-electron chi connectivity index (χ1n) is 21.5. The molecule has 0 spiro atoms. The summed E-state index contributed by atoms with van der Waals surface area (Å²) in [5.41, 5.74) is 0.102. The van der Waals surface area contributed by atoms with E-state index in [-0.39, 0.29) is 39.7 Å². The number of nitrogens with zero attached hydrogens (tertiary/aromatic N) is 7. The lowest BCUT2D eigenvalue weighted by Gasteiger charge is -2.28. The van der Waals surface area contributed by atoms with Crippen molar-refractivity contribution >= 4 is 76.4 Å². The van der Waals surface area contributed by atoms with Crippen molar-refractivity contribution in [1.29, 1.82) is 0 Å². The molecule has 6 heterocycles. The number of methoxy groups -OCH3 is 1. The van der Waals surface area contributed by atoms with Crippen LogP contribution in [0.4, 0.5) is 11.8 Å². The van der Waals surface area contributed by atoms with Crippen molar-refractivity contribution in [1.82, 2.24) is 39.0 Å². The number of carbonyl (C=O) groups excluding carboxylic acids is 4. The summed E-state index contributed by atoms with van der Waals surface area (Å²) < 4.78 is 45.0. The molecule has 2 aromatic carbocycles. The van der Waals surface area contributed by atoms with E-state index in [0.29, 0.717) is 5.56 Å². The highest BCUT2D eigenvalue weighted by Crippen LogP contribution is 2.50. The van der Waals surface area contributed by atoms with Crippen LogP contribution in [-0.2, 0) is 54.1 Å². The first-order valence-corrected chi connectivity index (χ1v) is 24.0. The van der Waals surface area contributed by atoms with Crippen molar-refractivity contribution in [3.8, 4) is 0 Å². The molecule has 26 heteroatoms. The van der Waals surface area contributed by atoms with Crippen LogP contribution in [0.25, 0.3) is 22.3 Å². The van der Waals surface area contributed by atoms with Crippen molar-refractivity contribution in [3.05, 3.63) is 101 Å². The first-order chi connectivity index (χ1) is 33.1. The summed E-state index contributed by atoms with van der Waals surface area (Å²) >= 11 is 5.50. The summed E-state index contributed by atoms with van der Waals surface area (Å²) in [5, 5.41) is 15.8. The quantitative estimate of drug-likeness (QED) is 0.0648. The number of esters is 2. The number of anilines is 2. The number of aliphatic hydroxyl groups is 1. The minimum absolute atomic E-state index is 0.106. The van der Waals surface area contributed by atoms with Crippen LogP contribution in [0.1, 0.15) is 60.9 Å². The molecule has 2 aliphatic heterocycles. The Bertz CT molecular complexity index is 2960. The number of aliphatic hydroxyl groups excluding tert-OH is 1. The lowest BCUT2D eigenvalue weighted by Crippen LogP contribution is -2.42. The van der Waals surface area contributed by atoms with E-state index in [1.54, 1.807) is 88.4 Å². The average molecular weight is 991 g/mol. The van der Waals surface area contributed by atoms with Gasteiger partial charge in [-0.1, -0.05) is 64.1 Å². The van der Waals surface area contributed by atoms with Crippen molar-refractivity contribution in [3.63, 3.8) is 0 Å². The second-order valence-corrected chi connectivity index (χ2v) is 19.2. The van der Waals surface area contributed by atoms with Gasteiger partial charge in [0.2, 0.25) is 5.95 Å². The second-order valence-electron chi connectivity index (χ2n) is 16.4. The normalized spacial score (nSPS) is 23.3. The fraction of sp³-hybridized carbons (Fsp3) is 0.395. The molecule has 364 valence electrons.